The molecule has 2 rings (SSSR count). The van der Waals surface area contributed by atoms with E-state index in [0.717, 1.165) is 11.6 Å². The van der Waals surface area contributed by atoms with Crippen molar-refractivity contribution in [2.24, 2.45) is 5.92 Å². The molecule has 1 aliphatic rings. The SMILES string of the molecule is CC(C)C[C@H]1CC(C)(C)c2cccc(N)c21. The fourth-order valence-corrected chi connectivity index (χ4v) is 3.23. The van der Waals surface area contributed by atoms with Gasteiger partial charge in [-0.05, 0) is 47.3 Å². The topological polar surface area (TPSA) is 26.0 Å². The summed E-state index contributed by atoms with van der Waals surface area (Å²) in [6.45, 7) is 9.27. The van der Waals surface area contributed by atoms with Gasteiger partial charge < -0.3 is 5.73 Å². The van der Waals surface area contributed by atoms with Gasteiger partial charge in [0.1, 0.15) is 0 Å². The Morgan fingerprint density at radius 2 is 2.06 bits per heavy atom. The summed E-state index contributed by atoms with van der Waals surface area (Å²) in [4.78, 5) is 0. The summed E-state index contributed by atoms with van der Waals surface area (Å²) in [7, 11) is 0. The van der Waals surface area contributed by atoms with Crippen molar-refractivity contribution in [2.75, 3.05) is 5.73 Å². The lowest BCUT2D eigenvalue weighted by Crippen LogP contribution is -2.12. The molecule has 0 amide bonds. The summed E-state index contributed by atoms with van der Waals surface area (Å²) in [5.74, 6) is 1.40. The second-order valence-corrected chi connectivity index (χ2v) is 6.22. The Bertz CT molecular complexity index is 390. The van der Waals surface area contributed by atoms with Gasteiger partial charge in [0.05, 0.1) is 0 Å². The number of anilines is 1. The molecule has 2 N–H and O–H groups in total. The number of nitrogens with two attached hydrogens (primary N) is 1. The summed E-state index contributed by atoms with van der Waals surface area (Å²) in [5, 5.41) is 0. The molecule has 0 aromatic heterocycles. The van der Waals surface area contributed by atoms with Crippen LogP contribution in [-0.4, -0.2) is 0 Å². The Morgan fingerprint density at radius 3 is 2.69 bits per heavy atom. The van der Waals surface area contributed by atoms with Crippen LogP contribution in [0.5, 0.6) is 0 Å². The predicted molar refractivity (Wildman–Crippen MR) is 70.7 cm³/mol. The zero-order valence-electron chi connectivity index (χ0n) is 10.9. The first-order valence-electron chi connectivity index (χ1n) is 6.30. The van der Waals surface area contributed by atoms with Crippen LogP contribution in [0.4, 0.5) is 5.69 Å². The molecule has 1 heteroatoms. The summed E-state index contributed by atoms with van der Waals surface area (Å²) in [5.41, 5.74) is 10.4. The van der Waals surface area contributed by atoms with Gasteiger partial charge in [-0.15, -0.1) is 0 Å². The average molecular weight is 217 g/mol. The van der Waals surface area contributed by atoms with E-state index >= 15 is 0 Å². The Kier molecular flexibility index (Phi) is 2.73. The van der Waals surface area contributed by atoms with Crippen LogP contribution in [0.1, 0.15) is 57.6 Å². The summed E-state index contributed by atoms with van der Waals surface area (Å²) >= 11 is 0. The van der Waals surface area contributed by atoms with Crippen molar-refractivity contribution in [3.05, 3.63) is 29.3 Å². The number of rotatable bonds is 2. The van der Waals surface area contributed by atoms with Gasteiger partial charge in [0, 0.05) is 5.69 Å². The van der Waals surface area contributed by atoms with Crippen LogP contribution < -0.4 is 5.73 Å². The second kappa shape index (κ2) is 3.80. The lowest BCUT2D eigenvalue weighted by Gasteiger charge is -2.19. The van der Waals surface area contributed by atoms with Crippen molar-refractivity contribution in [3.8, 4) is 0 Å². The van der Waals surface area contributed by atoms with E-state index < -0.39 is 0 Å². The Labute approximate surface area is 99.0 Å². The highest BCUT2D eigenvalue weighted by Crippen LogP contribution is 2.50. The van der Waals surface area contributed by atoms with Gasteiger partial charge >= 0.3 is 0 Å². The molecule has 0 unspecified atom stereocenters. The minimum atomic E-state index is 0.296. The van der Waals surface area contributed by atoms with Crippen LogP contribution in [0, 0.1) is 5.92 Å². The molecule has 0 spiro atoms. The van der Waals surface area contributed by atoms with Gasteiger partial charge in [0.2, 0.25) is 0 Å². The molecule has 1 nitrogen and oxygen atoms in total. The van der Waals surface area contributed by atoms with Gasteiger partial charge in [0.15, 0.2) is 0 Å². The molecular weight excluding hydrogens is 194 g/mol. The molecule has 0 fully saturated rings. The molecule has 1 atom stereocenters. The third kappa shape index (κ3) is 1.83. The Balaban J connectivity index is 2.44. The molecule has 0 aliphatic heterocycles. The van der Waals surface area contributed by atoms with Crippen LogP contribution >= 0.6 is 0 Å². The fraction of sp³-hybridized carbons (Fsp3) is 0.600. The van der Waals surface area contributed by atoms with E-state index in [1.54, 1.807) is 0 Å². The zero-order chi connectivity index (χ0) is 11.9. The molecule has 88 valence electrons. The lowest BCUT2D eigenvalue weighted by molar-refractivity contribution is 0.423. The van der Waals surface area contributed by atoms with E-state index in [1.165, 1.54) is 24.0 Å². The number of fused-ring (bicyclic) bond motifs is 1. The highest BCUT2D eigenvalue weighted by atomic mass is 14.6. The van der Waals surface area contributed by atoms with E-state index in [4.69, 9.17) is 5.73 Å². The van der Waals surface area contributed by atoms with Crippen LogP contribution in [-0.2, 0) is 5.41 Å². The van der Waals surface area contributed by atoms with Gasteiger partial charge in [-0.1, -0.05) is 39.8 Å². The summed E-state index contributed by atoms with van der Waals surface area (Å²) in [6, 6.07) is 6.40. The standard InChI is InChI=1S/C15H23N/c1-10(2)8-11-9-15(3,4)12-6-5-7-13(16)14(11)12/h5-7,10-11H,8-9,16H2,1-4H3/t11-/m0/s1. The van der Waals surface area contributed by atoms with Crippen molar-refractivity contribution >= 4 is 5.69 Å². The highest BCUT2D eigenvalue weighted by Gasteiger charge is 2.37. The van der Waals surface area contributed by atoms with Crippen LogP contribution in [0.15, 0.2) is 18.2 Å². The highest BCUT2D eigenvalue weighted by molar-refractivity contribution is 5.57. The number of nitrogen functional groups attached to an aromatic ring is 1. The molecule has 0 saturated carbocycles. The van der Waals surface area contributed by atoms with Gasteiger partial charge in [-0.2, -0.15) is 0 Å². The maximum Gasteiger partial charge on any atom is 0.0352 e. The van der Waals surface area contributed by atoms with Crippen molar-refractivity contribution in [1.82, 2.24) is 0 Å². The molecule has 0 bridgehead atoms. The third-order valence-electron chi connectivity index (χ3n) is 3.79. The second-order valence-electron chi connectivity index (χ2n) is 6.22. The molecule has 1 aromatic rings. The van der Waals surface area contributed by atoms with E-state index in [9.17, 15) is 0 Å². The first-order valence-corrected chi connectivity index (χ1v) is 6.30. The first kappa shape index (κ1) is 11.5. The molecule has 0 heterocycles. The number of benzene rings is 1. The van der Waals surface area contributed by atoms with Gasteiger partial charge in [0.25, 0.3) is 0 Å². The van der Waals surface area contributed by atoms with Crippen molar-refractivity contribution < 1.29 is 0 Å². The summed E-state index contributed by atoms with van der Waals surface area (Å²) in [6.07, 6.45) is 2.50. The fourth-order valence-electron chi connectivity index (χ4n) is 3.23. The third-order valence-corrected chi connectivity index (χ3v) is 3.79. The number of hydrogen-bond donors (Lipinski definition) is 1. The van der Waals surface area contributed by atoms with Crippen molar-refractivity contribution in [2.45, 2.75) is 51.9 Å². The van der Waals surface area contributed by atoms with E-state index in [1.807, 2.05) is 6.07 Å². The normalized spacial score (nSPS) is 22.4. The van der Waals surface area contributed by atoms with Gasteiger partial charge in [-0.25, -0.2) is 0 Å². The van der Waals surface area contributed by atoms with E-state index in [0.29, 0.717) is 11.3 Å². The van der Waals surface area contributed by atoms with Crippen LogP contribution in [0.3, 0.4) is 0 Å². The van der Waals surface area contributed by atoms with Crippen molar-refractivity contribution in [1.29, 1.82) is 0 Å². The Morgan fingerprint density at radius 1 is 1.38 bits per heavy atom. The molecule has 1 aliphatic carbocycles. The predicted octanol–water partition coefficient (Wildman–Crippen LogP) is 4.08. The van der Waals surface area contributed by atoms with E-state index in [2.05, 4.69) is 39.8 Å². The molecule has 0 radical (unpaired) electrons. The minimum absolute atomic E-state index is 0.296. The Hall–Kier alpha value is -0.980. The quantitative estimate of drug-likeness (QED) is 0.742. The van der Waals surface area contributed by atoms with Gasteiger partial charge in [-0.3, -0.25) is 0 Å². The maximum atomic E-state index is 6.16. The zero-order valence-corrected chi connectivity index (χ0v) is 10.9. The maximum absolute atomic E-state index is 6.16. The lowest BCUT2D eigenvalue weighted by atomic mass is 9.85. The van der Waals surface area contributed by atoms with Crippen LogP contribution in [0.25, 0.3) is 0 Å². The summed E-state index contributed by atoms with van der Waals surface area (Å²) < 4.78 is 0. The molecule has 1 aromatic carbocycles. The monoisotopic (exact) mass is 217 g/mol. The minimum Gasteiger partial charge on any atom is -0.398 e. The van der Waals surface area contributed by atoms with E-state index in [-0.39, 0.29) is 0 Å². The molecule has 16 heavy (non-hydrogen) atoms. The van der Waals surface area contributed by atoms with Crippen molar-refractivity contribution in [3.63, 3.8) is 0 Å². The number of hydrogen-bond acceptors (Lipinski definition) is 1. The largest absolute Gasteiger partial charge is 0.398 e. The van der Waals surface area contributed by atoms with Crippen LogP contribution in [0.2, 0.25) is 0 Å². The first-order chi connectivity index (χ1) is 7.42. The average Bonchev–Trinajstić information content (AvgIpc) is 2.38. The molecular formula is C15H23N. The smallest absolute Gasteiger partial charge is 0.0352 e. The molecule has 0 saturated heterocycles.